The van der Waals surface area contributed by atoms with Crippen molar-refractivity contribution in [3.63, 3.8) is 0 Å². The van der Waals surface area contributed by atoms with Crippen LogP contribution in [0.5, 0.6) is 0 Å². The Kier molecular flexibility index (Phi) is 4.24. The van der Waals surface area contributed by atoms with Gasteiger partial charge in [-0.1, -0.05) is 48.5 Å². The van der Waals surface area contributed by atoms with Gasteiger partial charge in [0.25, 0.3) is 5.56 Å². The Morgan fingerprint density at radius 3 is 2.57 bits per heavy atom. The van der Waals surface area contributed by atoms with E-state index >= 15 is 0 Å². The second kappa shape index (κ2) is 6.48. The Bertz CT molecular complexity index is 894. The molecule has 0 unspecified atom stereocenters. The number of hydrogen-bond donors (Lipinski definition) is 1. The molecule has 0 saturated carbocycles. The van der Waals surface area contributed by atoms with Gasteiger partial charge in [-0.3, -0.25) is 9.59 Å². The van der Waals surface area contributed by atoms with Crippen LogP contribution in [0.15, 0.2) is 59.5 Å². The lowest BCUT2D eigenvalue weighted by atomic mass is 9.99. The van der Waals surface area contributed by atoms with E-state index in [1.54, 1.807) is 13.1 Å². The molecule has 0 bridgehead atoms. The zero-order chi connectivity index (χ0) is 16.2. The van der Waals surface area contributed by atoms with E-state index in [0.29, 0.717) is 12.2 Å². The predicted molar refractivity (Wildman–Crippen MR) is 90.3 cm³/mol. The molecule has 1 N–H and O–H groups in total. The van der Waals surface area contributed by atoms with Crippen LogP contribution in [0.1, 0.15) is 12.5 Å². The summed E-state index contributed by atoms with van der Waals surface area (Å²) in [5, 5.41) is 1.90. The maximum atomic E-state index is 12.3. The topological polar surface area (TPSA) is 59.2 Å². The van der Waals surface area contributed by atoms with E-state index in [9.17, 15) is 9.59 Å². The number of hydrogen-bond acceptors (Lipinski definition) is 3. The normalized spacial score (nSPS) is 10.7. The first-order valence-electron chi connectivity index (χ1n) is 7.54. The molecule has 0 amide bonds. The molecule has 1 aromatic heterocycles. The van der Waals surface area contributed by atoms with Gasteiger partial charge in [0.2, 0.25) is 0 Å². The molecule has 0 radical (unpaired) electrons. The third kappa shape index (κ3) is 3.16. The molecule has 0 fully saturated rings. The minimum absolute atomic E-state index is 0.123. The van der Waals surface area contributed by atoms with Crippen LogP contribution >= 0.6 is 0 Å². The van der Waals surface area contributed by atoms with Crippen molar-refractivity contribution in [3.05, 3.63) is 70.6 Å². The van der Waals surface area contributed by atoms with Gasteiger partial charge in [-0.05, 0) is 28.8 Å². The fourth-order valence-electron chi connectivity index (χ4n) is 2.64. The molecule has 2 aromatic carbocycles. The molecule has 4 nitrogen and oxygen atoms in total. The highest BCUT2D eigenvalue weighted by Gasteiger charge is 2.09. The van der Waals surface area contributed by atoms with Gasteiger partial charge in [0.15, 0.2) is 0 Å². The summed E-state index contributed by atoms with van der Waals surface area (Å²) in [5.41, 5.74) is 2.21. The second-order valence-electron chi connectivity index (χ2n) is 5.26. The SMILES string of the molecule is CCOC(=O)Cc1ccc(-c2c(=O)[nH]cc3ccccc23)cc1. The van der Waals surface area contributed by atoms with Crippen molar-refractivity contribution < 1.29 is 9.53 Å². The number of aromatic amines is 1. The molecule has 1 heterocycles. The summed E-state index contributed by atoms with van der Waals surface area (Å²) in [7, 11) is 0. The Morgan fingerprint density at radius 1 is 1.09 bits per heavy atom. The number of benzene rings is 2. The van der Waals surface area contributed by atoms with E-state index in [1.807, 2.05) is 48.5 Å². The molecule has 4 heteroatoms. The van der Waals surface area contributed by atoms with Gasteiger partial charge in [-0.15, -0.1) is 0 Å². The van der Waals surface area contributed by atoms with Gasteiger partial charge in [0.1, 0.15) is 0 Å². The van der Waals surface area contributed by atoms with Crippen LogP contribution in [0, 0.1) is 0 Å². The van der Waals surface area contributed by atoms with Crippen molar-refractivity contribution in [2.24, 2.45) is 0 Å². The summed E-state index contributed by atoms with van der Waals surface area (Å²) in [4.78, 5) is 26.5. The molecule has 0 spiro atoms. The lowest BCUT2D eigenvalue weighted by molar-refractivity contribution is -0.142. The summed E-state index contributed by atoms with van der Waals surface area (Å²) in [6.45, 7) is 2.16. The van der Waals surface area contributed by atoms with Gasteiger partial charge < -0.3 is 9.72 Å². The summed E-state index contributed by atoms with van der Waals surface area (Å²) in [6, 6.07) is 15.2. The van der Waals surface area contributed by atoms with Crippen LogP contribution in [0.25, 0.3) is 21.9 Å². The Labute approximate surface area is 133 Å². The average molecular weight is 307 g/mol. The lowest BCUT2D eigenvalue weighted by Crippen LogP contribution is -2.09. The quantitative estimate of drug-likeness (QED) is 0.752. The molecule has 0 saturated heterocycles. The monoisotopic (exact) mass is 307 g/mol. The predicted octanol–water partition coefficient (Wildman–Crippen LogP) is 3.30. The van der Waals surface area contributed by atoms with E-state index in [2.05, 4.69) is 4.98 Å². The van der Waals surface area contributed by atoms with Crippen LogP contribution in [0.2, 0.25) is 0 Å². The fourth-order valence-corrected chi connectivity index (χ4v) is 2.64. The van der Waals surface area contributed by atoms with E-state index in [1.165, 1.54) is 0 Å². The maximum Gasteiger partial charge on any atom is 0.310 e. The minimum Gasteiger partial charge on any atom is -0.466 e. The number of aromatic nitrogens is 1. The standard InChI is InChI=1S/C19H17NO3/c1-2-23-17(21)11-13-7-9-14(10-8-13)18-16-6-4-3-5-15(16)12-20-19(18)22/h3-10,12H,2,11H2,1H3,(H,20,22). The van der Waals surface area contributed by atoms with Crippen molar-refractivity contribution in [2.75, 3.05) is 6.61 Å². The zero-order valence-electron chi connectivity index (χ0n) is 12.8. The van der Waals surface area contributed by atoms with Crippen molar-refractivity contribution in [1.82, 2.24) is 4.98 Å². The number of fused-ring (bicyclic) bond motifs is 1. The molecular formula is C19H17NO3. The molecular weight excluding hydrogens is 290 g/mol. The number of carbonyl (C=O) groups is 1. The van der Waals surface area contributed by atoms with E-state index < -0.39 is 0 Å². The summed E-state index contributed by atoms with van der Waals surface area (Å²) < 4.78 is 4.94. The first kappa shape index (κ1) is 15.0. The number of carbonyl (C=O) groups excluding carboxylic acids is 1. The van der Waals surface area contributed by atoms with Crippen molar-refractivity contribution in [1.29, 1.82) is 0 Å². The number of nitrogens with one attached hydrogen (secondary N) is 1. The summed E-state index contributed by atoms with van der Waals surface area (Å²) in [6.07, 6.45) is 1.95. The zero-order valence-corrected chi connectivity index (χ0v) is 12.8. The van der Waals surface area contributed by atoms with E-state index in [0.717, 1.165) is 21.9 Å². The van der Waals surface area contributed by atoms with Crippen LogP contribution in [0.3, 0.4) is 0 Å². The van der Waals surface area contributed by atoms with Crippen LogP contribution in [-0.2, 0) is 16.0 Å². The third-order valence-corrected chi connectivity index (χ3v) is 3.71. The molecule has 0 aliphatic carbocycles. The van der Waals surface area contributed by atoms with Gasteiger partial charge in [0, 0.05) is 6.20 Å². The van der Waals surface area contributed by atoms with Crippen molar-refractivity contribution in [3.8, 4) is 11.1 Å². The van der Waals surface area contributed by atoms with Crippen LogP contribution in [0.4, 0.5) is 0 Å². The average Bonchev–Trinajstić information content (AvgIpc) is 2.56. The van der Waals surface area contributed by atoms with Crippen LogP contribution < -0.4 is 5.56 Å². The first-order chi connectivity index (χ1) is 11.2. The van der Waals surface area contributed by atoms with Gasteiger partial charge in [-0.2, -0.15) is 0 Å². The van der Waals surface area contributed by atoms with E-state index in [-0.39, 0.29) is 17.9 Å². The van der Waals surface area contributed by atoms with Gasteiger partial charge in [-0.25, -0.2) is 0 Å². The molecule has 3 rings (SSSR count). The number of pyridine rings is 1. The smallest absolute Gasteiger partial charge is 0.310 e. The largest absolute Gasteiger partial charge is 0.466 e. The molecule has 116 valence electrons. The highest BCUT2D eigenvalue weighted by atomic mass is 16.5. The highest BCUT2D eigenvalue weighted by molar-refractivity contribution is 5.95. The maximum absolute atomic E-state index is 12.3. The summed E-state index contributed by atoms with van der Waals surface area (Å²) >= 11 is 0. The third-order valence-electron chi connectivity index (χ3n) is 3.71. The Hall–Kier alpha value is -2.88. The van der Waals surface area contributed by atoms with E-state index in [4.69, 9.17) is 4.74 Å². The van der Waals surface area contributed by atoms with Crippen molar-refractivity contribution >= 4 is 16.7 Å². The van der Waals surface area contributed by atoms with Gasteiger partial charge >= 0.3 is 5.97 Å². The Balaban J connectivity index is 1.98. The molecule has 23 heavy (non-hydrogen) atoms. The molecule has 0 aliphatic rings. The van der Waals surface area contributed by atoms with Gasteiger partial charge in [0.05, 0.1) is 18.6 Å². The first-order valence-corrected chi connectivity index (χ1v) is 7.54. The Morgan fingerprint density at radius 2 is 1.83 bits per heavy atom. The molecule has 0 atom stereocenters. The summed E-state index contributed by atoms with van der Waals surface area (Å²) in [5.74, 6) is -0.247. The van der Waals surface area contributed by atoms with Crippen LogP contribution in [-0.4, -0.2) is 17.6 Å². The molecule has 0 aliphatic heterocycles. The number of esters is 1. The number of H-pyrrole nitrogens is 1. The molecule has 3 aromatic rings. The van der Waals surface area contributed by atoms with Crippen molar-refractivity contribution in [2.45, 2.75) is 13.3 Å². The number of ether oxygens (including phenoxy) is 1. The second-order valence-corrected chi connectivity index (χ2v) is 5.26. The fraction of sp³-hybridized carbons (Fsp3) is 0.158. The lowest BCUT2D eigenvalue weighted by Gasteiger charge is -2.07. The minimum atomic E-state index is -0.247. The highest BCUT2D eigenvalue weighted by Crippen LogP contribution is 2.25. The number of rotatable bonds is 4.